The number of aliphatic carboxylic acids is 1. The van der Waals surface area contributed by atoms with Crippen molar-refractivity contribution in [1.82, 2.24) is 0 Å². The highest BCUT2D eigenvalue weighted by Crippen LogP contribution is 2.35. The number of hydrogen-bond acceptors (Lipinski definition) is 8. The number of carboxylic acids is 1. The van der Waals surface area contributed by atoms with Gasteiger partial charge in [0, 0.05) is 7.11 Å². The summed E-state index contributed by atoms with van der Waals surface area (Å²) in [4.78, 5) is 11.0. The van der Waals surface area contributed by atoms with E-state index >= 15 is 0 Å². The molecule has 0 saturated carbocycles. The van der Waals surface area contributed by atoms with E-state index in [4.69, 9.17) is 14.6 Å². The SMILES string of the molecule is COC1C=C(C(=O)O)C=CC1(O)[C@@H]1O[C@H](CO)[C@@H](O)[C@H](O)[C@H]1O. The predicted molar refractivity (Wildman–Crippen MR) is 74.4 cm³/mol. The lowest BCUT2D eigenvalue weighted by Crippen LogP contribution is -2.67. The first-order valence-electron chi connectivity index (χ1n) is 6.96. The number of carboxylic acid groups (broad SMARTS) is 1. The molecule has 0 aromatic carbocycles. The van der Waals surface area contributed by atoms with Crippen LogP contribution in [0.1, 0.15) is 0 Å². The third kappa shape index (κ3) is 3.04. The largest absolute Gasteiger partial charge is 0.478 e. The van der Waals surface area contributed by atoms with E-state index in [9.17, 15) is 30.3 Å². The number of ether oxygens (including phenoxy) is 2. The number of aliphatic hydroxyl groups is 5. The van der Waals surface area contributed by atoms with Gasteiger partial charge in [0.2, 0.25) is 0 Å². The fourth-order valence-corrected chi connectivity index (χ4v) is 2.81. The molecule has 2 rings (SSSR count). The van der Waals surface area contributed by atoms with Gasteiger partial charge >= 0.3 is 5.97 Å². The van der Waals surface area contributed by atoms with Crippen LogP contribution in [0, 0.1) is 0 Å². The summed E-state index contributed by atoms with van der Waals surface area (Å²) < 4.78 is 10.4. The lowest BCUT2D eigenvalue weighted by atomic mass is 9.78. The summed E-state index contributed by atoms with van der Waals surface area (Å²) >= 11 is 0. The van der Waals surface area contributed by atoms with Crippen LogP contribution >= 0.6 is 0 Å². The van der Waals surface area contributed by atoms with Crippen molar-refractivity contribution in [2.45, 2.75) is 42.2 Å². The fourth-order valence-electron chi connectivity index (χ4n) is 2.81. The molecule has 0 bridgehead atoms. The normalized spacial score (nSPS) is 44.0. The Bertz CT molecular complexity index is 514. The van der Waals surface area contributed by atoms with Gasteiger partial charge in [-0.3, -0.25) is 0 Å². The molecule has 23 heavy (non-hydrogen) atoms. The van der Waals surface area contributed by atoms with Gasteiger partial charge in [-0.2, -0.15) is 0 Å². The Morgan fingerprint density at radius 1 is 1.30 bits per heavy atom. The highest BCUT2D eigenvalue weighted by molar-refractivity contribution is 5.90. The molecule has 1 saturated heterocycles. The molecule has 9 nitrogen and oxygen atoms in total. The Balaban J connectivity index is 2.35. The molecule has 0 aromatic rings. The van der Waals surface area contributed by atoms with Crippen molar-refractivity contribution in [3.63, 3.8) is 0 Å². The third-order valence-corrected chi connectivity index (χ3v) is 4.17. The molecule has 1 aliphatic carbocycles. The lowest BCUT2D eigenvalue weighted by molar-refractivity contribution is -0.272. The van der Waals surface area contributed by atoms with Gasteiger partial charge in [0.1, 0.15) is 42.2 Å². The van der Waals surface area contributed by atoms with E-state index in [0.717, 1.165) is 18.2 Å². The topological polar surface area (TPSA) is 157 Å². The molecule has 0 aromatic heterocycles. The van der Waals surface area contributed by atoms with Crippen molar-refractivity contribution in [1.29, 1.82) is 0 Å². The van der Waals surface area contributed by atoms with Gasteiger partial charge in [-0.25, -0.2) is 4.79 Å². The highest BCUT2D eigenvalue weighted by Gasteiger charge is 2.55. The summed E-state index contributed by atoms with van der Waals surface area (Å²) in [5.74, 6) is -1.22. The zero-order chi connectivity index (χ0) is 17.4. The zero-order valence-corrected chi connectivity index (χ0v) is 12.3. The second-order valence-electron chi connectivity index (χ2n) is 5.55. The van der Waals surface area contributed by atoms with E-state index in [1.807, 2.05) is 0 Å². The average Bonchev–Trinajstić information content (AvgIpc) is 2.53. The second-order valence-corrected chi connectivity index (χ2v) is 5.55. The minimum Gasteiger partial charge on any atom is -0.478 e. The van der Waals surface area contributed by atoms with Gasteiger partial charge in [-0.15, -0.1) is 0 Å². The molecule has 2 unspecified atom stereocenters. The number of carbonyl (C=O) groups is 1. The van der Waals surface area contributed by atoms with Gasteiger partial charge in [-0.1, -0.05) is 0 Å². The Kier molecular flexibility index (Phi) is 5.21. The molecule has 9 heteroatoms. The van der Waals surface area contributed by atoms with Crippen molar-refractivity contribution in [2.24, 2.45) is 0 Å². The summed E-state index contributed by atoms with van der Waals surface area (Å²) in [6, 6.07) is 0. The summed E-state index contributed by atoms with van der Waals surface area (Å²) in [5, 5.41) is 58.8. The Morgan fingerprint density at radius 2 is 1.96 bits per heavy atom. The van der Waals surface area contributed by atoms with Gasteiger partial charge in [0.25, 0.3) is 0 Å². The summed E-state index contributed by atoms with van der Waals surface area (Å²) in [7, 11) is 1.23. The molecule has 6 N–H and O–H groups in total. The quantitative estimate of drug-likeness (QED) is 0.319. The fraction of sp³-hybridized carbons (Fsp3) is 0.643. The molecular formula is C14H20O9. The molecule has 0 amide bonds. The maximum absolute atomic E-state index is 11.0. The van der Waals surface area contributed by atoms with Crippen LogP contribution in [0.4, 0.5) is 0 Å². The van der Waals surface area contributed by atoms with Crippen LogP contribution in [0.2, 0.25) is 0 Å². The van der Waals surface area contributed by atoms with Gasteiger partial charge in [-0.05, 0) is 18.2 Å². The Hall–Kier alpha value is -1.33. The van der Waals surface area contributed by atoms with E-state index in [1.165, 1.54) is 7.11 Å². The van der Waals surface area contributed by atoms with Crippen LogP contribution in [0.3, 0.4) is 0 Å². The van der Waals surface area contributed by atoms with E-state index in [1.54, 1.807) is 0 Å². The number of hydrogen-bond donors (Lipinski definition) is 6. The standard InChI is InChI=1S/C14H20O9/c1-22-8-4-6(13(19)20)2-3-14(8,21)12-11(18)10(17)9(16)7(5-15)23-12/h2-4,7-12,15-18,21H,5H2,1H3,(H,19,20)/t7-,8?,9-,10+,11-,12-,14?/m1/s1. The first kappa shape index (κ1) is 18.0. The van der Waals surface area contributed by atoms with Crippen molar-refractivity contribution in [3.8, 4) is 0 Å². The van der Waals surface area contributed by atoms with Gasteiger partial charge < -0.3 is 40.1 Å². The predicted octanol–water partition coefficient (Wildman–Crippen LogP) is -2.84. The maximum atomic E-state index is 11.0. The van der Waals surface area contributed by atoms with Crippen LogP contribution in [0.5, 0.6) is 0 Å². The molecule has 2 aliphatic rings. The summed E-state index contributed by atoms with van der Waals surface area (Å²) in [5.41, 5.74) is -2.12. The molecule has 0 spiro atoms. The molecule has 130 valence electrons. The average molecular weight is 332 g/mol. The van der Waals surface area contributed by atoms with Crippen LogP contribution in [-0.4, -0.2) is 92.5 Å². The third-order valence-electron chi connectivity index (χ3n) is 4.17. The monoisotopic (exact) mass is 332 g/mol. The van der Waals surface area contributed by atoms with E-state index in [2.05, 4.69) is 0 Å². The first-order valence-corrected chi connectivity index (χ1v) is 6.96. The van der Waals surface area contributed by atoms with E-state index in [-0.39, 0.29) is 5.57 Å². The smallest absolute Gasteiger partial charge is 0.335 e. The van der Waals surface area contributed by atoms with Crippen molar-refractivity contribution >= 4 is 5.97 Å². The van der Waals surface area contributed by atoms with Crippen molar-refractivity contribution in [2.75, 3.05) is 13.7 Å². The summed E-state index contributed by atoms with van der Waals surface area (Å²) in [6.07, 6.45) is -5.37. The number of aliphatic hydroxyl groups excluding tert-OH is 4. The van der Waals surface area contributed by atoms with Crippen LogP contribution < -0.4 is 0 Å². The number of rotatable bonds is 4. The van der Waals surface area contributed by atoms with Crippen LogP contribution in [0.25, 0.3) is 0 Å². The van der Waals surface area contributed by atoms with E-state index < -0.39 is 54.8 Å². The molecular weight excluding hydrogens is 312 g/mol. The minimum atomic E-state index is -2.00. The van der Waals surface area contributed by atoms with E-state index in [0.29, 0.717) is 0 Å². The van der Waals surface area contributed by atoms with Gasteiger partial charge in [0.15, 0.2) is 0 Å². The molecule has 7 atom stereocenters. The molecule has 1 fully saturated rings. The maximum Gasteiger partial charge on any atom is 0.335 e. The highest BCUT2D eigenvalue weighted by atomic mass is 16.6. The minimum absolute atomic E-state index is 0.119. The Morgan fingerprint density at radius 3 is 2.48 bits per heavy atom. The first-order chi connectivity index (χ1) is 10.8. The van der Waals surface area contributed by atoms with Crippen molar-refractivity contribution in [3.05, 3.63) is 23.8 Å². The molecule has 1 heterocycles. The molecule has 1 aliphatic heterocycles. The molecule has 0 radical (unpaired) electrons. The van der Waals surface area contributed by atoms with Crippen molar-refractivity contribution < 1.29 is 44.9 Å². The zero-order valence-electron chi connectivity index (χ0n) is 12.3. The lowest BCUT2D eigenvalue weighted by Gasteiger charge is -2.48. The number of methoxy groups -OCH3 is 1. The van der Waals surface area contributed by atoms with Gasteiger partial charge in [0.05, 0.1) is 12.2 Å². The second kappa shape index (κ2) is 6.65. The Labute approximate surface area is 131 Å². The van der Waals surface area contributed by atoms with Crippen LogP contribution in [-0.2, 0) is 14.3 Å². The van der Waals surface area contributed by atoms with Crippen LogP contribution in [0.15, 0.2) is 23.8 Å². The summed E-state index contributed by atoms with van der Waals surface area (Å²) in [6.45, 7) is -0.644.